The summed E-state index contributed by atoms with van der Waals surface area (Å²) in [5, 5.41) is 6.50. The van der Waals surface area contributed by atoms with E-state index < -0.39 is 0 Å². The predicted molar refractivity (Wildman–Crippen MR) is 235 cm³/mol. The fourth-order valence-electron chi connectivity index (χ4n) is 8.50. The van der Waals surface area contributed by atoms with Gasteiger partial charge in [0.25, 0.3) is 0 Å². The first kappa shape index (κ1) is 32.8. The van der Waals surface area contributed by atoms with Crippen molar-refractivity contribution >= 4 is 27.5 Å². The first-order chi connectivity index (χ1) is 28.2. The van der Waals surface area contributed by atoms with Crippen LogP contribution < -0.4 is 5.32 Å². The average Bonchev–Trinajstić information content (AvgIpc) is 3.62. The summed E-state index contributed by atoms with van der Waals surface area (Å²) in [6, 6.07) is 73.3. The standard InChI is InChI=1S/C53H36N4/c1-5-16-35(17-6-1)47-34-48(56-53(55-47)37-20-9-3-10-21-37)40-23-15-22-38(30-40)39-28-29-42-44-32-45-43-26-13-14-27-50(43)57(41-24-11-4-12-25-41)51(45)33-46(44)52(54-49(42)31-39)36-18-7-2-8-19-36/h1-34,52,54H. The highest BCUT2D eigenvalue weighted by Crippen LogP contribution is 2.47. The number of nitrogens with one attached hydrogen (secondary N) is 1. The highest BCUT2D eigenvalue weighted by Gasteiger charge is 2.28. The van der Waals surface area contributed by atoms with Crippen LogP contribution in [-0.4, -0.2) is 14.5 Å². The summed E-state index contributed by atoms with van der Waals surface area (Å²) in [5.41, 5.74) is 16.8. The van der Waals surface area contributed by atoms with Crippen LogP contribution in [0.5, 0.6) is 0 Å². The van der Waals surface area contributed by atoms with Gasteiger partial charge in [-0.15, -0.1) is 0 Å². The molecule has 1 N–H and O–H groups in total. The molecule has 2 aromatic heterocycles. The minimum atomic E-state index is -0.0317. The van der Waals surface area contributed by atoms with Gasteiger partial charge in [-0.25, -0.2) is 9.97 Å². The lowest BCUT2D eigenvalue weighted by Gasteiger charge is -2.31. The Morgan fingerprint density at radius 1 is 0.404 bits per heavy atom. The number of aromatic nitrogens is 3. The van der Waals surface area contributed by atoms with Crippen molar-refractivity contribution in [3.05, 3.63) is 217 Å². The zero-order chi connectivity index (χ0) is 37.7. The number of nitrogens with zero attached hydrogens (tertiary/aromatic N) is 3. The second-order valence-electron chi connectivity index (χ2n) is 14.7. The molecule has 0 fully saturated rings. The van der Waals surface area contributed by atoms with E-state index >= 15 is 0 Å². The third-order valence-corrected chi connectivity index (χ3v) is 11.2. The lowest BCUT2D eigenvalue weighted by Crippen LogP contribution is -2.18. The van der Waals surface area contributed by atoms with Crippen molar-refractivity contribution < 1.29 is 0 Å². The van der Waals surface area contributed by atoms with Gasteiger partial charge in [0.05, 0.1) is 28.5 Å². The molecule has 57 heavy (non-hydrogen) atoms. The molecule has 10 aromatic rings. The van der Waals surface area contributed by atoms with Crippen LogP contribution >= 0.6 is 0 Å². The molecule has 11 rings (SSSR count). The quantitative estimate of drug-likeness (QED) is 0.185. The summed E-state index contributed by atoms with van der Waals surface area (Å²) >= 11 is 0. The fraction of sp³-hybridized carbons (Fsp3) is 0.0189. The molecule has 268 valence electrons. The van der Waals surface area contributed by atoms with Gasteiger partial charge in [0.15, 0.2) is 5.82 Å². The Labute approximate surface area is 331 Å². The third-order valence-electron chi connectivity index (χ3n) is 11.2. The van der Waals surface area contributed by atoms with E-state index in [4.69, 9.17) is 9.97 Å². The maximum atomic E-state index is 5.12. The Bertz CT molecular complexity index is 3020. The molecule has 0 radical (unpaired) electrons. The lowest BCUT2D eigenvalue weighted by atomic mass is 9.84. The van der Waals surface area contributed by atoms with E-state index in [1.165, 1.54) is 44.1 Å². The van der Waals surface area contributed by atoms with Gasteiger partial charge in [0.1, 0.15) is 0 Å². The van der Waals surface area contributed by atoms with Crippen LogP contribution in [0.15, 0.2) is 206 Å². The molecule has 0 saturated heterocycles. The van der Waals surface area contributed by atoms with E-state index in [1.807, 2.05) is 24.3 Å². The Kier molecular flexibility index (Phi) is 7.85. The first-order valence-corrected chi connectivity index (χ1v) is 19.4. The number of fused-ring (bicyclic) bond motifs is 6. The van der Waals surface area contributed by atoms with Gasteiger partial charge in [-0.2, -0.15) is 0 Å². The number of hydrogen-bond donors (Lipinski definition) is 1. The van der Waals surface area contributed by atoms with Crippen molar-refractivity contribution in [2.24, 2.45) is 0 Å². The summed E-state index contributed by atoms with van der Waals surface area (Å²) in [7, 11) is 0. The molecule has 1 atom stereocenters. The lowest BCUT2D eigenvalue weighted by molar-refractivity contribution is 0.931. The van der Waals surface area contributed by atoms with E-state index in [9.17, 15) is 0 Å². The third kappa shape index (κ3) is 5.78. The van der Waals surface area contributed by atoms with Gasteiger partial charge in [-0.1, -0.05) is 158 Å². The molecule has 0 bridgehead atoms. The molecule has 3 heterocycles. The Hall–Kier alpha value is -7.56. The second-order valence-corrected chi connectivity index (χ2v) is 14.7. The zero-order valence-electron chi connectivity index (χ0n) is 31.0. The maximum Gasteiger partial charge on any atom is 0.160 e. The van der Waals surface area contributed by atoms with Crippen molar-refractivity contribution in [3.8, 4) is 61.8 Å². The normalized spacial score (nSPS) is 13.2. The highest BCUT2D eigenvalue weighted by molar-refractivity contribution is 6.11. The number of para-hydroxylation sites is 2. The molecule has 0 spiro atoms. The van der Waals surface area contributed by atoms with Crippen molar-refractivity contribution in [3.63, 3.8) is 0 Å². The van der Waals surface area contributed by atoms with Crippen molar-refractivity contribution in [2.75, 3.05) is 5.32 Å². The maximum absolute atomic E-state index is 5.12. The van der Waals surface area contributed by atoms with Crippen LogP contribution in [0.2, 0.25) is 0 Å². The molecule has 1 aliphatic heterocycles. The highest BCUT2D eigenvalue weighted by atomic mass is 15.0. The van der Waals surface area contributed by atoms with Gasteiger partial charge >= 0.3 is 0 Å². The molecular formula is C53H36N4. The van der Waals surface area contributed by atoms with Crippen LogP contribution in [0.3, 0.4) is 0 Å². The smallest absolute Gasteiger partial charge is 0.160 e. The van der Waals surface area contributed by atoms with Gasteiger partial charge in [-0.05, 0) is 76.3 Å². The second kappa shape index (κ2) is 13.6. The molecular weight excluding hydrogens is 693 g/mol. The Morgan fingerprint density at radius 3 is 1.79 bits per heavy atom. The average molecular weight is 729 g/mol. The van der Waals surface area contributed by atoms with E-state index in [1.54, 1.807) is 0 Å². The minimum absolute atomic E-state index is 0.0317. The van der Waals surface area contributed by atoms with Crippen LogP contribution in [0.25, 0.3) is 83.6 Å². The molecule has 4 heteroatoms. The van der Waals surface area contributed by atoms with E-state index in [0.717, 1.165) is 50.6 Å². The van der Waals surface area contributed by atoms with Gasteiger partial charge in [0, 0.05) is 44.4 Å². The Balaban J connectivity index is 1.05. The van der Waals surface area contributed by atoms with Crippen LogP contribution in [-0.2, 0) is 0 Å². The topological polar surface area (TPSA) is 42.7 Å². The summed E-state index contributed by atoms with van der Waals surface area (Å²) in [5.74, 6) is 0.710. The van der Waals surface area contributed by atoms with E-state index in [0.29, 0.717) is 5.82 Å². The molecule has 8 aromatic carbocycles. The summed E-state index contributed by atoms with van der Waals surface area (Å²) in [6.45, 7) is 0. The number of rotatable bonds is 6. The molecule has 4 nitrogen and oxygen atoms in total. The number of hydrogen-bond acceptors (Lipinski definition) is 3. The first-order valence-electron chi connectivity index (χ1n) is 19.4. The summed E-state index contributed by atoms with van der Waals surface area (Å²) < 4.78 is 2.40. The number of anilines is 1. The van der Waals surface area contributed by atoms with Gasteiger partial charge in [0.2, 0.25) is 0 Å². The van der Waals surface area contributed by atoms with Crippen LogP contribution in [0.1, 0.15) is 17.2 Å². The van der Waals surface area contributed by atoms with Crippen molar-refractivity contribution in [1.29, 1.82) is 0 Å². The molecule has 0 aliphatic carbocycles. The fourth-order valence-corrected chi connectivity index (χ4v) is 8.50. The minimum Gasteiger partial charge on any atom is -0.374 e. The van der Waals surface area contributed by atoms with Gasteiger partial charge in [-0.3, -0.25) is 0 Å². The summed E-state index contributed by atoms with van der Waals surface area (Å²) in [4.78, 5) is 10.1. The predicted octanol–water partition coefficient (Wildman–Crippen LogP) is 13.4. The summed E-state index contributed by atoms with van der Waals surface area (Å²) in [6.07, 6.45) is 0. The zero-order valence-corrected chi connectivity index (χ0v) is 31.0. The van der Waals surface area contributed by atoms with Crippen molar-refractivity contribution in [2.45, 2.75) is 6.04 Å². The molecule has 1 unspecified atom stereocenters. The van der Waals surface area contributed by atoms with Crippen molar-refractivity contribution in [1.82, 2.24) is 14.5 Å². The monoisotopic (exact) mass is 728 g/mol. The SMILES string of the molecule is c1ccc(-c2cc(-c3cccc(-c4ccc5c(c4)NC(c4ccccc4)c4cc6c(cc4-5)c4ccccc4n6-c4ccccc4)c3)nc(-c3ccccc3)n2)cc1. The molecule has 0 saturated carbocycles. The molecule has 0 amide bonds. The van der Waals surface area contributed by atoms with E-state index in [-0.39, 0.29) is 6.04 Å². The molecule has 1 aliphatic rings. The van der Waals surface area contributed by atoms with Crippen LogP contribution in [0, 0.1) is 0 Å². The van der Waals surface area contributed by atoms with Gasteiger partial charge < -0.3 is 9.88 Å². The number of benzene rings is 8. The van der Waals surface area contributed by atoms with E-state index in [2.05, 4.69) is 192 Å². The largest absolute Gasteiger partial charge is 0.374 e. The Morgan fingerprint density at radius 2 is 1.02 bits per heavy atom. The van der Waals surface area contributed by atoms with Crippen LogP contribution in [0.4, 0.5) is 5.69 Å².